The van der Waals surface area contributed by atoms with Gasteiger partial charge in [0.25, 0.3) is 5.54 Å². The number of nitrogens with zero attached hydrogens (tertiary/aromatic N) is 2. The van der Waals surface area contributed by atoms with E-state index in [9.17, 15) is 20.2 Å². The Labute approximate surface area is 86.7 Å². The average Bonchev–Trinajstić information content (AvgIpc) is 2.42. The molecule has 0 radical (unpaired) electrons. The number of methoxy groups -OCH3 is 1. The summed E-state index contributed by atoms with van der Waals surface area (Å²) in [6, 6.07) is 0. The van der Waals surface area contributed by atoms with Crippen molar-refractivity contribution < 1.29 is 14.6 Å². The van der Waals surface area contributed by atoms with Crippen LogP contribution in [0.4, 0.5) is 0 Å². The normalized spacial score (nSPS) is 40.3. The fraction of sp³-hybridized carbons (Fsp3) is 1.00. The van der Waals surface area contributed by atoms with Crippen molar-refractivity contribution in [3.05, 3.63) is 20.2 Å². The molecule has 0 aromatic heterocycles. The molecule has 1 aliphatic rings. The van der Waals surface area contributed by atoms with Gasteiger partial charge in [0, 0.05) is 37.2 Å². The minimum Gasteiger partial charge on any atom is -0.374 e. The van der Waals surface area contributed by atoms with Crippen molar-refractivity contribution >= 4 is 0 Å². The average molecular weight is 218 g/mol. The second-order valence-electron chi connectivity index (χ2n) is 4.20. The lowest BCUT2D eigenvalue weighted by molar-refractivity contribution is -0.679. The van der Waals surface area contributed by atoms with Crippen molar-refractivity contribution in [1.29, 1.82) is 0 Å². The lowest BCUT2D eigenvalue weighted by atomic mass is 9.82. The molecule has 7 nitrogen and oxygen atoms in total. The molecule has 0 aromatic carbocycles. The zero-order valence-electron chi connectivity index (χ0n) is 8.93. The molecular formula is C8H14N2O5. The van der Waals surface area contributed by atoms with Crippen molar-refractivity contribution in [3.8, 4) is 0 Å². The summed E-state index contributed by atoms with van der Waals surface area (Å²) in [6.45, 7) is 2.60. The zero-order chi connectivity index (χ0) is 11.9. The number of hydrogen-bond acceptors (Lipinski definition) is 5. The van der Waals surface area contributed by atoms with E-state index in [1.54, 1.807) is 0 Å². The summed E-state index contributed by atoms with van der Waals surface area (Å²) in [6.07, 6.45) is -0.204. The first-order valence-corrected chi connectivity index (χ1v) is 4.62. The summed E-state index contributed by atoms with van der Waals surface area (Å²) in [4.78, 5) is 20.8. The monoisotopic (exact) mass is 218 g/mol. The van der Waals surface area contributed by atoms with E-state index < -0.39 is 27.0 Å². The maximum absolute atomic E-state index is 11.0. The molecule has 1 saturated carbocycles. The molecule has 0 spiro atoms. The van der Waals surface area contributed by atoms with Gasteiger partial charge in [0.05, 0.1) is 0 Å². The molecule has 7 heteroatoms. The molecule has 0 heterocycles. The lowest BCUT2D eigenvalue weighted by Crippen LogP contribution is -2.61. The Kier molecular flexibility index (Phi) is 2.69. The summed E-state index contributed by atoms with van der Waals surface area (Å²) >= 11 is 0. The van der Waals surface area contributed by atoms with Crippen LogP contribution in [0.1, 0.15) is 26.7 Å². The minimum atomic E-state index is -1.66. The van der Waals surface area contributed by atoms with Gasteiger partial charge in [-0.05, 0) is 6.42 Å². The van der Waals surface area contributed by atoms with E-state index >= 15 is 0 Å². The van der Waals surface area contributed by atoms with Gasteiger partial charge in [0.2, 0.25) is 0 Å². The first-order chi connectivity index (χ1) is 6.80. The van der Waals surface area contributed by atoms with Gasteiger partial charge in [0.1, 0.15) is 6.10 Å². The summed E-state index contributed by atoms with van der Waals surface area (Å²) in [5.41, 5.74) is -3.22. The SMILES string of the molecule is CO[C@@H]1CC[C@](C)([N+](=O)[O-])[C@@]1(C)[N+](=O)[O-]. The highest BCUT2D eigenvalue weighted by Crippen LogP contribution is 2.44. The molecule has 15 heavy (non-hydrogen) atoms. The van der Waals surface area contributed by atoms with E-state index in [0.717, 1.165) is 0 Å². The Bertz CT molecular complexity index is 307. The topological polar surface area (TPSA) is 95.5 Å². The second kappa shape index (κ2) is 3.41. The van der Waals surface area contributed by atoms with Crippen molar-refractivity contribution in [1.82, 2.24) is 0 Å². The molecule has 0 aliphatic heterocycles. The molecule has 0 bridgehead atoms. The first kappa shape index (κ1) is 11.8. The van der Waals surface area contributed by atoms with Crippen molar-refractivity contribution in [2.75, 3.05) is 7.11 Å². The molecule has 0 saturated heterocycles. The van der Waals surface area contributed by atoms with Crippen LogP contribution in [0, 0.1) is 20.2 Å². The first-order valence-electron chi connectivity index (χ1n) is 4.62. The Hall–Kier alpha value is -1.24. The van der Waals surface area contributed by atoms with Crippen LogP contribution in [-0.4, -0.2) is 34.1 Å². The number of nitro groups is 2. The fourth-order valence-corrected chi connectivity index (χ4v) is 2.23. The van der Waals surface area contributed by atoms with E-state index in [2.05, 4.69) is 0 Å². The summed E-state index contributed by atoms with van der Waals surface area (Å²) in [5, 5.41) is 22.0. The van der Waals surface area contributed by atoms with Crippen LogP contribution in [0.3, 0.4) is 0 Å². The van der Waals surface area contributed by atoms with Gasteiger partial charge in [-0.3, -0.25) is 20.2 Å². The standard InChI is InChI=1S/C8H14N2O5/c1-7(9(11)12)5-4-6(15-3)8(7,2)10(13)14/h6H,4-5H2,1-3H3/t6-,7+,8+/m1/s1. The molecule has 0 N–H and O–H groups in total. The zero-order valence-corrected chi connectivity index (χ0v) is 8.93. The molecule has 0 aromatic rings. The molecule has 0 unspecified atom stereocenters. The molecule has 86 valence electrons. The Balaban J connectivity index is 3.23. The van der Waals surface area contributed by atoms with Crippen molar-refractivity contribution in [3.63, 3.8) is 0 Å². The van der Waals surface area contributed by atoms with Gasteiger partial charge in [0.15, 0.2) is 0 Å². The maximum atomic E-state index is 11.0. The van der Waals surface area contributed by atoms with Gasteiger partial charge in [-0.2, -0.15) is 0 Å². The largest absolute Gasteiger partial charge is 0.374 e. The van der Waals surface area contributed by atoms with Gasteiger partial charge in [-0.25, -0.2) is 0 Å². The van der Waals surface area contributed by atoms with Gasteiger partial charge < -0.3 is 4.74 Å². The van der Waals surface area contributed by atoms with E-state index in [-0.39, 0.29) is 6.42 Å². The minimum absolute atomic E-state index is 0.163. The summed E-state index contributed by atoms with van der Waals surface area (Å²) < 4.78 is 4.99. The Morgan fingerprint density at radius 2 is 1.80 bits per heavy atom. The third kappa shape index (κ3) is 1.30. The molecular weight excluding hydrogens is 204 g/mol. The van der Waals surface area contributed by atoms with Gasteiger partial charge >= 0.3 is 5.54 Å². The quantitative estimate of drug-likeness (QED) is 0.517. The number of ether oxygens (including phenoxy) is 1. The lowest BCUT2D eigenvalue weighted by Gasteiger charge is -2.28. The highest BCUT2D eigenvalue weighted by molar-refractivity contribution is 5.06. The second-order valence-corrected chi connectivity index (χ2v) is 4.20. The van der Waals surface area contributed by atoms with E-state index in [1.165, 1.54) is 21.0 Å². The van der Waals surface area contributed by atoms with Crippen molar-refractivity contribution in [2.45, 2.75) is 43.9 Å². The highest BCUT2D eigenvalue weighted by Gasteiger charge is 2.73. The van der Waals surface area contributed by atoms with Gasteiger partial charge in [-0.15, -0.1) is 0 Å². The van der Waals surface area contributed by atoms with Crippen LogP contribution in [0.2, 0.25) is 0 Å². The van der Waals surface area contributed by atoms with E-state index in [1.807, 2.05) is 0 Å². The molecule has 1 rings (SSSR count). The van der Waals surface area contributed by atoms with Crippen LogP contribution in [0.25, 0.3) is 0 Å². The predicted octanol–water partition coefficient (Wildman–Crippen LogP) is 0.866. The number of rotatable bonds is 3. The highest BCUT2D eigenvalue weighted by atomic mass is 16.7. The van der Waals surface area contributed by atoms with Gasteiger partial charge in [-0.1, -0.05) is 0 Å². The third-order valence-corrected chi connectivity index (χ3v) is 3.68. The molecule has 1 fully saturated rings. The summed E-state index contributed by atoms with van der Waals surface area (Å²) in [7, 11) is 1.35. The Morgan fingerprint density at radius 1 is 1.27 bits per heavy atom. The van der Waals surface area contributed by atoms with Crippen LogP contribution < -0.4 is 0 Å². The predicted molar refractivity (Wildman–Crippen MR) is 50.8 cm³/mol. The maximum Gasteiger partial charge on any atom is 0.312 e. The van der Waals surface area contributed by atoms with Crippen molar-refractivity contribution in [2.24, 2.45) is 0 Å². The third-order valence-electron chi connectivity index (χ3n) is 3.68. The Morgan fingerprint density at radius 3 is 2.13 bits per heavy atom. The van der Waals surface area contributed by atoms with Crippen LogP contribution in [0.5, 0.6) is 0 Å². The van der Waals surface area contributed by atoms with Crippen LogP contribution in [-0.2, 0) is 4.74 Å². The fourth-order valence-electron chi connectivity index (χ4n) is 2.23. The van der Waals surface area contributed by atoms with E-state index in [0.29, 0.717) is 6.42 Å². The smallest absolute Gasteiger partial charge is 0.312 e. The van der Waals surface area contributed by atoms with Crippen LogP contribution in [0.15, 0.2) is 0 Å². The molecule has 3 atom stereocenters. The molecule has 1 aliphatic carbocycles. The van der Waals surface area contributed by atoms with Crippen LogP contribution >= 0.6 is 0 Å². The number of hydrogen-bond donors (Lipinski definition) is 0. The summed E-state index contributed by atoms with van der Waals surface area (Å²) in [5.74, 6) is 0. The van der Waals surface area contributed by atoms with E-state index in [4.69, 9.17) is 4.74 Å². The molecule has 0 amide bonds.